The molecule has 2 heterocycles. The summed E-state index contributed by atoms with van der Waals surface area (Å²) in [5, 5.41) is 10.4. The molecule has 0 amide bonds. The van der Waals surface area contributed by atoms with Gasteiger partial charge in [0.2, 0.25) is 0 Å². The van der Waals surface area contributed by atoms with Crippen LogP contribution in [-0.2, 0) is 13.0 Å². The summed E-state index contributed by atoms with van der Waals surface area (Å²) in [6.07, 6.45) is 3.36. The van der Waals surface area contributed by atoms with Gasteiger partial charge in [0.15, 0.2) is 5.16 Å². The number of hydrogen-bond acceptors (Lipinski definition) is 5. The van der Waals surface area contributed by atoms with E-state index in [2.05, 4.69) is 21.9 Å². The lowest BCUT2D eigenvalue weighted by atomic mass is 10.2. The van der Waals surface area contributed by atoms with Gasteiger partial charge in [-0.3, -0.25) is 4.79 Å². The van der Waals surface area contributed by atoms with E-state index < -0.39 is 0 Å². The fourth-order valence-electron chi connectivity index (χ4n) is 1.82. The van der Waals surface area contributed by atoms with Gasteiger partial charge >= 0.3 is 0 Å². The van der Waals surface area contributed by atoms with Crippen LogP contribution in [0, 0.1) is 6.92 Å². The van der Waals surface area contributed by atoms with Gasteiger partial charge in [-0.1, -0.05) is 13.3 Å². The molecule has 0 bridgehead atoms. The van der Waals surface area contributed by atoms with Gasteiger partial charge in [0.05, 0.1) is 6.61 Å². The van der Waals surface area contributed by atoms with E-state index in [9.17, 15) is 4.79 Å². The Morgan fingerprint density at radius 1 is 1.40 bits per heavy atom. The number of aryl methyl sites for hydroxylation is 2. The van der Waals surface area contributed by atoms with E-state index >= 15 is 0 Å². The maximum absolute atomic E-state index is 11.6. The van der Waals surface area contributed by atoms with Gasteiger partial charge < -0.3 is 10.1 Å². The Kier molecular flexibility index (Phi) is 4.92. The molecule has 0 aliphatic rings. The van der Waals surface area contributed by atoms with Crippen LogP contribution in [-0.4, -0.2) is 20.1 Å². The lowest BCUT2D eigenvalue weighted by Crippen LogP contribution is -2.10. The maximum Gasteiger partial charge on any atom is 0.251 e. The number of aromatic nitrogens is 3. The summed E-state index contributed by atoms with van der Waals surface area (Å²) in [4.78, 5) is 23.0. The van der Waals surface area contributed by atoms with E-state index in [1.807, 2.05) is 13.0 Å². The monoisotopic (exact) mass is 291 g/mol. The number of aliphatic hydroxyl groups excluding tert-OH is 1. The molecule has 0 fully saturated rings. The van der Waals surface area contributed by atoms with Crippen molar-refractivity contribution in [1.29, 1.82) is 0 Å². The molecule has 2 aromatic heterocycles. The molecule has 106 valence electrons. The number of nitrogens with zero attached hydrogens (tertiary/aromatic N) is 2. The predicted octanol–water partition coefficient (Wildman–Crippen LogP) is 2.07. The minimum atomic E-state index is -0.143. The molecule has 0 aliphatic heterocycles. The fraction of sp³-hybridized carbons (Fsp3) is 0.357. The molecule has 5 nitrogen and oxygen atoms in total. The molecule has 0 unspecified atom stereocenters. The number of aliphatic hydroxyl groups is 1. The molecule has 2 aromatic rings. The van der Waals surface area contributed by atoms with Crippen molar-refractivity contribution in [3.63, 3.8) is 0 Å². The minimum Gasteiger partial charge on any atom is -0.392 e. The largest absolute Gasteiger partial charge is 0.392 e. The first-order valence-electron chi connectivity index (χ1n) is 6.47. The number of H-pyrrole nitrogens is 1. The molecule has 0 aliphatic carbocycles. The van der Waals surface area contributed by atoms with E-state index in [1.54, 1.807) is 6.20 Å². The highest BCUT2D eigenvalue weighted by atomic mass is 32.2. The zero-order chi connectivity index (χ0) is 14.5. The van der Waals surface area contributed by atoms with E-state index in [1.165, 1.54) is 17.8 Å². The predicted molar refractivity (Wildman–Crippen MR) is 77.9 cm³/mol. The number of aromatic amines is 1. The number of rotatable bonds is 5. The first-order valence-corrected chi connectivity index (χ1v) is 7.28. The van der Waals surface area contributed by atoms with E-state index in [-0.39, 0.29) is 12.2 Å². The van der Waals surface area contributed by atoms with Crippen molar-refractivity contribution in [2.24, 2.45) is 0 Å². The van der Waals surface area contributed by atoms with Crippen molar-refractivity contribution in [3.8, 4) is 0 Å². The molecular weight excluding hydrogens is 274 g/mol. The average Bonchev–Trinajstić information content (AvgIpc) is 2.41. The molecular formula is C14H17N3O2S. The summed E-state index contributed by atoms with van der Waals surface area (Å²) in [5.74, 6) is 0. The van der Waals surface area contributed by atoms with Crippen molar-refractivity contribution >= 4 is 11.8 Å². The Labute approximate surface area is 121 Å². The third-order valence-electron chi connectivity index (χ3n) is 2.74. The van der Waals surface area contributed by atoms with Crippen molar-refractivity contribution in [2.75, 3.05) is 0 Å². The zero-order valence-electron chi connectivity index (χ0n) is 11.5. The molecule has 0 atom stereocenters. The lowest BCUT2D eigenvalue weighted by Gasteiger charge is -2.06. The molecule has 0 spiro atoms. The maximum atomic E-state index is 11.6. The first-order chi connectivity index (χ1) is 9.62. The minimum absolute atomic E-state index is 0.0279. The van der Waals surface area contributed by atoms with Crippen molar-refractivity contribution in [1.82, 2.24) is 15.0 Å². The van der Waals surface area contributed by atoms with Gasteiger partial charge in [0, 0.05) is 18.0 Å². The van der Waals surface area contributed by atoms with Gasteiger partial charge in [0.1, 0.15) is 5.03 Å². The van der Waals surface area contributed by atoms with Crippen LogP contribution in [0.3, 0.4) is 0 Å². The standard InChI is InChI=1S/C14H17N3O2S/c1-3-4-11-6-12(19)17-14(16-11)20-13-9(2)5-10(8-18)7-15-13/h5-7,18H,3-4,8H2,1-2H3,(H,16,17,19). The second-order valence-corrected chi connectivity index (χ2v) is 5.50. The van der Waals surface area contributed by atoms with E-state index in [0.29, 0.717) is 5.16 Å². The Morgan fingerprint density at radius 3 is 2.85 bits per heavy atom. The van der Waals surface area contributed by atoms with Crippen LogP contribution >= 0.6 is 11.8 Å². The van der Waals surface area contributed by atoms with Crippen molar-refractivity contribution in [2.45, 2.75) is 43.5 Å². The van der Waals surface area contributed by atoms with Gasteiger partial charge in [-0.15, -0.1) is 0 Å². The smallest absolute Gasteiger partial charge is 0.251 e. The summed E-state index contributed by atoms with van der Waals surface area (Å²) in [6.45, 7) is 3.94. The summed E-state index contributed by atoms with van der Waals surface area (Å²) >= 11 is 1.33. The summed E-state index contributed by atoms with van der Waals surface area (Å²) in [7, 11) is 0. The summed E-state index contributed by atoms with van der Waals surface area (Å²) in [5.41, 5.74) is 2.37. The summed E-state index contributed by atoms with van der Waals surface area (Å²) in [6, 6.07) is 3.41. The highest BCUT2D eigenvalue weighted by molar-refractivity contribution is 7.99. The van der Waals surface area contributed by atoms with Crippen LogP contribution in [0.2, 0.25) is 0 Å². The van der Waals surface area contributed by atoms with Crippen LogP contribution in [0.5, 0.6) is 0 Å². The highest BCUT2D eigenvalue weighted by Crippen LogP contribution is 2.25. The van der Waals surface area contributed by atoms with Crippen LogP contribution < -0.4 is 5.56 Å². The summed E-state index contributed by atoms with van der Waals surface area (Å²) < 4.78 is 0. The number of nitrogens with one attached hydrogen (secondary N) is 1. The SMILES string of the molecule is CCCc1cc(=O)[nH]c(Sc2ncc(CO)cc2C)n1. The lowest BCUT2D eigenvalue weighted by molar-refractivity contribution is 0.281. The van der Waals surface area contributed by atoms with Crippen LogP contribution in [0.4, 0.5) is 0 Å². The molecule has 2 N–H and O–H groups in total. The van der Waals surface area contributed by atoms with E-state index in [4.69, 9.17) is 5.11 Å². The number of hydrogen-bond donors (Lipinski definition) is 2. The van der Waals surface area contributed by atoms with Gasteiger partial charge in [-0.25, -0.2) is 9.97 Å². The third-order valence-corrected chi connectivity index (χ3v) is 3.75. The van der Waals surface area contributed by atoms with Crippen molar-refractivity contribution in [3.05, 3.63) is 45.5 Å². The normalized spacial score (nSPS) is 10.8. The van der Waals surface area contributed by atoms with Crippen molar-refractivity contribution < 1.29 is 5.11 Å². The van der Waals surface area contributed by atoms with Gasteiger partial charge in [0.25, 0.3) is 5.56 Å². The van der Waals surface area contributed by atoms with E-state index in [0.717, 1.165) is 34.7 Å². The topological polar surface area (TPSA) is 78.9 Å². The average molecular weight is 291 g/mol. The van der Waals surface area contributed by atoms with Gasteiger partial charge in [-0.2, -0.15) is 0 Å². The second kappa shape index (κ2) is 6.67. The fourth-order valence-corrected chi connectivity index (χ4v) is 2.64. The number of pyridine rings is 1. The van der Waals surface area contributed by atoms with Crippen LogP contribution in [0.15, 0.2) is 33.3 Å². The quantitative estimate of drug-likeness (QED) is 0.824. The molecule has 20 heavy (non-hydrogen) atoms. The van der Waals surface area contributed by atoms with Crippen LogP contribution in [0.1, 0.15) is 30.2 Å². The Hall–Kier alpha value is -1.66. The molecule has 0 saturated carbocycles. The second-order valence-electron chi connectivity index (χ2n) is 4.52. The highest BCUT2D eigenvalue weighted by Gasteiger charge is 2.07. The van der Waals surface area contributed by atoms with Gasteiger partial charge in [-0.05, 0) is 42.3 Å². The third kappa shape index (κ3) is 3.68. The van der Waals surface area contributed by atoms with Crippen LogP contribution in [0.25, 0.3) is 0 Å². The Balaban J connectivity index is 2.27. The Bertz CT molecular complexity index is 655. The first kappa shape index (κ1) is 14.7. The molecule has 0 radical (unpaired) electrons. The molecule has 6 heteroatoms. The zero-order valence-corrected chi connectivity index (χ0v) is 12.3. The molecule has 0 saturated heterocycles. The molecule has 2 rings (SSSR count). The molecule has 0 aromatic carbocycles. The Morgan fingerprint density at radius 2 is 2.20 bits per heavy atom.